The highest BCUT2D eigenvalue weighted by molar-refractivity contribution is 6.31. The third-order valence-electron chi connectivity index (χ3n) is 4.45. The van der Waals surface area contributed by atoms with E-state index in [1.165, 1.54) is 6.92 Å². The number of nitrogens with zero attached hydrogens (tertiary/aromatic N) is 1. The number of pyridine rings is 1. The molecule has 3 rings (SSSR count). The second kappa shape index (κ2) is 9.94. The van der Waals surface area contributed by atoms with Crippen LogP contribution < -0.4 is 16.4 Å². The first kappa shape index (κ1) is 22.1. The molecule has 0 radical (unpaired) electrons. The number of fused-ring (bicyclic) bond motifs is 1. The van der Waals surface area contributed by atoms with Crippen molar-refractivity contribution in [2.45, 2.75) is 13.0 Å². The van der Waals surface area contributed by atoms with Crippen molar-refractivity contribution in [3.8, 4) is 11.8 Å². The Morgan fingerprint density at radius 2 is 1.84 bits per heavy atom. The quantitative estimate of drug-likeness (QED) is 0.457. The zero-order chi connectivity index (χ0) is 22.4. The van der Waals surface area contributed by atoms with E-state index < -0.39 is 6.10 Å². The number of nitrogen functional groups attached to an aromatic ring is 1. The van der Waals surface area contributed by atoms with Gasteiger partial charge in [-0.15, -0.1) is 0 Å². The van der Waals surface area contributed by atoms with Gasteiger partial charge in [-0.1, -0.05) is 29.5 Å². The molecule has 3 aromatic rings. The second-order valence-corrected chi connectivity index (χ2v) is 7.31. The van der Waals surface area contributed by atoms with Gasteiger partial charge in [0.15, 0.2) is 0 Å². The lowest BCUT2D eigenvalue weighted by atomic mass is 10.1. The molecular formula is C23H21ClN4O3. The van der Waals surface area contributed by atoms with Gasteiger partial charge in [0.2, 0.25) is 5.91 Å². The first-order valence-electron chi connectivity index (χ1n) is 9.50. The molecule has 0 aliphatic carbocycles. The molecule has 1 atom stereocenters. The number of carbonyl (C=O) groups is 2. The number of amides is 2. The van der Waals surface area contributed by atoms with Gasteiger partial charge in [-0.05, 0) is 36.4 Å². The van der Waals surface area contributed by atoms with Gasteiger partial charge < -0.3 is 21.5 Å². The predicted octanol–water partition coefficient (Wildman–Crippen LogP) is 2.10. The highest BCUT2D eigenvalue weighted by Crippen LogP contribution is 2.24. The third kappa shape index (κ3) is 5.95. The first-order valence-corrected chi connectivity index (χ1v) is 9.88. The zero-order valence-corrected chi connectivity index (χ0v) is 17.5. The standard InChI is InChI=1S/C23H21ClN4O3/c1-14(29)26-12-19(30)13-28-23(31)16-5-2-15(3-6-16)4-9-20-21-10-18(24)8-7-17(21)11-27-22(20)25/h2-3,5-8,10-11,19,30H,12-13H2,1H3,(H2,25,27)(H,26,29)(H,28,31). The Bertz CT molecular complexity index is 1180. The first-order chi connectivity index (χ1) is 14.8. The maximum atomic E-state index is 12.2. The van der Waals surface area contributed by atoms with Crippen LogP contribution in [0.1, 0.15) is 28.4 Å². The average molecular weight is 437 g/mol. The monoisotopic (exact) mass is 436 g/mol. The molecule has 0 fully saturated rings. The van der Waals surface area contributed by atoms with Crippen molar-refractivity contribution in [3.63, 3.8) is 0 Å². The highest BCUT2D eigenvalue weighted by Gasteiger charge is 2.10. The van der Waals surface area contributed by atoms with Crippen LogP contribution in [0.4, 0.5) is 5.82 Å². The number of aromatic nitrogens is 1. The van der Waals surface area contributed by atoms with E-state index in [2.05, 4.69) is 27.5 Å². The van der Waals surface area contributed by atoms with Gasteiger partial charge >= 0.3 is 0 Å². The summed E-state index contributed by atoms with van der Waals surface area (Å²) in [6.45, 7) is 1.45. The molecule has 31 heavy (non-hydrogen) atoms. The lowest BCUT2D eigenvalue weighted by Gasteiger charge is -2.12. The molecule has 0 bridgehead atoms. The van der Waals surface area contributed by atoms with Crippen molar-refractivity contribution in [2.75, 3.05) is 18.8 Å². The molecule has 0 aliphatic rings. The third-order valence-corrected chi connectivity index (χ3v) is 4.68. The van der Waals surface area contributed by atoms with Crippen molar-refractivity contribution in [2.24, 2.45) is 0 Å². The van der Waals surface area contributed by atoms with E-state index in [-0.39, 0.29) is 24.9 Å². The number of nitrogens with two attached hydrogens (primary N) is 1. The molecule has 7 nitrogen and oxygen atoms in total. The predicted molar refractivity (Wildman–Crippen MR) is 121 cm³/mol. The van der Waals surface area contributed by atoms with Gasteiger partial charge in [0.1, 0.15) is 5.82 Å². The summed E-state index contributed by atoms with van der Waals surface area (Å²) in [5, 5.41) is 17.2. The molecule has 0 saturated carbocycles. The number of hydrogen-bond acceptors (Lipinski definition) is 5. The second-order valence-electron chi connectivity index (χ2n) is 6.88. The molecule has 1 heterocycles. The highest BCUT2D eigenvalue weighted by atomic mass is 35.5. The summed E-state index contributed by atoms with van der Waals surface area (Å²) < 4.78 is 0. The fourth-order valence-corrected chi connectivity index (χ4v) is 2.99. The van der Waals surface area contributed by atoms with Crippen LogP contribution >= 0.6 is 11.6 Å². The van der Waals surface area contributed by atoms with Crippen molar-refractivity contribution < 1.29 is 14.7 Å². The van der Waals surface area contributed by atoms with Crippen molar-refractivity contribution in [3.05, 3.63) is 70.4 Å². The SMILES string of the molecule is CC(=O)NCC(O)CNC(=O)c1ccc(C#Cc2c(N)ncc3ccc(Cl)cc23)cc1. The Morgan fingerprint density at radius 1 is 1.13 bits per heavy atom. The molecule has 8 heteroatoms. The van der Waals surface area contributed by atoms with Crippen molar-refractivity contribution in [1.29, 1.82) is 0 Å². The van der Waals surface area contributed by atoms with E-state index in [0.717, 1.165) is 10.8 Å². The minimum Gasteiger partial charge on any atom is -0.389 e. The number of carbonyl (C=O) groups excluding carboxylic acids is 2. The zero-order valence-electron chi connectivity index (χ0n) is 16.8. The Balaban J connectivity index is 1.70. The number of hydrogen-bond donors (Lipinski definition) is 4. The van der Waals surface area contributed by atoms with Gasteiger partial charge in [-0.2, -0.15) is 0 Å². The molecule has 158 valence electrons. The van der Waals surface area contributed by atoms with Gasteiger partial charge in [-0.3, -0.25) is 9.59 Å². The Morgan fingerprint density at radius 3 is 2.55 bits per heavy atom. The minimum absolute atomic E-state index is 0.0244. The van der Waals surface area contributed by atoms with E-state index in [0.29, 0.717) is 27.5 Å². The average Bonchev–Trinajstić information content (AvgIpc) is 2.75. The number of aliphatic hydroxyl groups excluding tert-OH is 1. The van der Waals surface area contributed by atoms with E-state index in [1.807, 2.05) is 6.07 Å². The summed E-state index contributed by atoms with van der Waals surface area (Å²) in [7, 11) is 0. The molecule has 0 saturated heterocycles. The number of rotatable bonds is 5. The molecule has 1 aromatic heterocycles. The van der Waals surface area contributed by atoms with Gasteiger partial charge in [-0.25, -0.2) is 4.98 Å². The van der Waals surface area contributed by atoms with Crippen molar-refractivity contribution in [1.82, 2.24) is 15.6 Å². The van der Waals surface area contributed by atoms with Gasteiger partial charge in [0, 0.05) is 53.1 Å². The molecule has 0 aliphatic heterocycles. The Hall–Kier alpha value is -3.60. The fraction of sp³-hybridized carbons (Fsp3) is 0.174. The Labute approximate surface area is 184 Å². The van der Waals surface area contributed by atoms with Crippen LogP contribution in [-0.4, -0.2) is 41.1 Å². The number of nitrogens with one attached hydrogen (secondary N) is 2. The topological polar surface area (TPSA) is 117 Å². The number of anilines is 1. The van der Waals surface area contributed by atoms with Gasteiger partial charge in [0.05, 0.1) is 11.7 Å². The molecule has 2 aromatic carbocycles. The van der Waals surface area contributed by atoms with Gasteiger partial charge in [0.25, 0.3) is 5.91 Å². The van der Waals surface area contributed by atoms with Crippen LogP contribution in [0.2, 0.25) is 5.02 Å². The lowest BCUT2D eigenvalue weighted by molar-refractivity contribution is -0.119. The molecule has 2 amide bonds. The molecular weight excluding hydrogens is 416 g/mol. The van der Waals surface area contributed by atoms with Crippen LogP contribution in [0.3, 0.4) is 0 Å². The number of aliphatic hydroxyl groups is 1. The van der Waals surface area contributed by atoms with E-state index in [4.69, 9.17) is 17.3 Å². The summed E-state index contributed by atoms with van der Waals surface area (Å²) >= 11 is 6.10. The fourth-order valence-electron chi connectivity index (χ4n) is 2.82. The van der Waals surface area contributed by atoms with Crippen LogP contribution in [0.25, 0.3) is 10.8 Å². The largest absolute Gasteiger partial charge is 0.389 e. The number of halogens is 1. The minimum atomic E-state index is -0.869. The van der Waals surface area contributed by atoms with E-state index >= 15 is 0 Å². The summed E-state index contributed by atoms with van der Waals surface area (Å²) in [6.07, 6.45) is 0.804. The number of benzene rings is 2. The maximum absolute atomic E-state index is 12.2. The smallest absolute Gasteiger partial charge is 0.251 e. The van der Waals surface area contributed by atoms with E-state index in [9.17, 15) is 14.7 Å². The summed E-state index contributed by atoms with van der Waals surface area (Å²) in [5.41, 5.74) is 7.72. The summed E-state index contributed by atoms with van der Waals surface area (Å²) in [6, 6.07) is 12.2. The molecule has 0 spiro atoms. The molecule has 5 N–H and O–H groups in total. The van der Waals surface area contributed by atoms with Crippen LogP contribution in [0, 0.1) is 11.8 Å². The van der Waals surface area contributed by atoms with Crippen LogP contribution in [0.15, 0.2) is 48.7 Å². The van der Waals surface area contributed by atoms with E-state index in [1.54, 1.807) is 42.6 Å². The maximum Gasteiger partial charge on any atom is 0.251 e. The van der Waals surface area contributed by atoms with Crippen LogP contribution in [-0.2, 0) is 4.79 Å². The summed E-state index contributed by atoms with van der Waals surface area (Å²) in [4.78, 5) is 27.2. The molecule has 1 unspecified atom stereocenters. The summed E-state index contributed by atoms with van der Waals surface area (Å²) in [5.74, 6) is 5.82. The Kier molecular flexibility index (Phi) is 7.08. The van der Waals surface area contributed by atoms with Crippen LogP contribution in [0.5, 0.6) is 0 Å². The van der Waals surface area contributed by atoms with Crippen molar-refractivity contribution >= 4 is 40.0 Å². The normalized spacial score (nSPS) is 11.3. The lowest BCUT2D eigenvalue weighted by Crippen LogP contribution is -2.39.